The van der Waals surface area contributed by atoms with Crippen molar-refractivity contribution >= 4 is 18.1 Å². The molecule has 2 atom stereocenters. The summed E-state index contributed by atoms with van der Waals surface area (Å²) in [5, 5.41) is 0. The second-order valence-corrected chi connectivity index (χ2v) is 5.77. The van der Waals surface area contributed by atoms with Crippen LogP contribution in [0.1, 0.15) is 0 Å². The Morgan fingerprint density at radius 1 is 0.625 bits per heavy atom. The zero-order valence-corrected chi connectivity index (χ0v) is 14.7. The monoisotopic (exact) mass is 472 g/mol. The molecule has 0 radical (unpaired) electrons. The van der Waals surface area contributed by atoms with Gasteiger partial charge in [0, 0.05) is 12.1 Å². The van der Waals surface area contributed by atoms with Gasteiger partial charge in [0.15, 0.2) is 34.8 Å². The molecule has 0 saturated carbocycles. The summed E-state index contributed by atoms with van der Waals surface area (Å²) in [6.07, 6.45) is -6.64. The van der Waals surface area contributed by atoms with Crippen molar-refractivity contribution in [1.82, 2.24) is 0 Å². The predicted molar refractivity (Wildman–Crippen MR) is 79.0 cm³/mol. The van der Waals surface area contributed by atoms with Gasteiger partial charge < -0.3 is 18.9 Å². The molecule has 0 N–H and O–H groups in total. The fourth-order valence-electron chi connectivity index (χ4n) is 2.29. The maximum absolute atomic E-state index is 13.6. The van der Waals surface area contributed by atoms with Gasteiger partial charge in [-0.2, -0.15) is 8.78 Å². The van der Waals surface area contributed by atoms with Crippen LogP contribution < -0.4 is 9.47 Å². The summed E-state index contributed by atoms with van der Waals surface area (Å²) in [5.41, 5.74) is 0. The molecule has 0 bridgehead atoms. The fraction of sp³-hybridized carbons (Fsp3) is 0.118. The van der Waals surface area contributed by atoms with Gasteiger partial charge >= 0.3 is 18.1 Å². The Morgan fingerprint density at radius 3 is 1.31 bits per heavy atom. The van der Waals surface area contributed by atoms with Gasteiger partial charge in [-0.05, 0) is 0 Å². The lowest BCUT2D eigenvalue weighted by Crippen LogP contribution is -2.42. The highest BCUT2D eigenvalue weighted by molar-refractivity contribution is 5.92. The second kappa shape index (κ2) is 8.32. The van der Waals surface area contributed by atoms with E-state index in [1.54, 1.807) is 0 Å². The molecule has 2 unspecified atom stereocenters. The molecule has 0 spiro atoms. The van der Waals surface area contributed by atoms with Crippen LogP contribution in [0.3, 0.4) is 0 Å². The molecule has 15 heteroatoms. The van der Waals surface area contributed by atoms with Crippen molar-refractivity contribution < 1.29 is 68.5 Å². The molecule has 3 rings (SSSR count). The predicted octanol–water partition coefficient (Wildman–Crippen LogP) is 3.21. The number of hydrogen-bond acceptors (Lipinski definition) is 7. The molecule has 0 aromatic heterocycles. The van der Waals surface area contributed by atoms with Gasteiger partial charge in [0.05, 0.1) is 0 Å². The summed E-state index contributed by atoms with van der Waals surface area (Å²) < 4.78 is 123. The number of rotatable bonds is 4. The smallest absolute Gasteiger partial charge is 0.420 e. The average molecular weight is 472 g/mol. The van der Waals surface area contributed by atoms with Gasteiger partial charge in [-0.15, -0.1) is 0 Å². The molecule has 32 heavy (non-hydrogen) atoms. The second-order valence-electron chi connectivity index (χ2n) is 5.77. The lowest BCUT2D eigenvalue weighted by atomic mass is 10.2. The maximum Gasteiger partial charge on any atom is 0.510 e. The number of cyclic esters (lactones) is 2. The van der Waals surface area contributed by atoms with Gasteiger partial charge in [0.1, 0.15) is 0 Å². The van der Waals surface area contributed by atoms with E-state index in [9.17, 15) is 49.5 Å². The Labute approximate surface area is 170 Å². The standard InChI is InChI=1S/C17H4F8O7/c18-3-1-5(9(22)11(24)7(3)20)29-15(26)13-14(32-17(28)31-13)16(27)30-6-2-4(19)8(21)12(25)10(6)23/h1-2,13-14H. The van der Waals surface area contributed by atoms with E-state index in [1.807, 2.05) is 0 Å². The van der Waals surface area contributed by atoms with Crippen LogP contribution in [0.4, 0.5) is 39.9 Å². The molecule has 2 aromatic carbocycles. The SMILES string of the molecule is O=C1OC(C(=O)Oc2cc(F)c(F)c(F)c2F)C(C(=O)Oc2cc(F)c(F)c(F)c2F)O1. The van der Waals surface area contributed by atoms with Crippen LogP contribution in [0.2, 0.25) is 0 Å². The molecule has 1 aliphatic heterocycles. The van der Waals surface area contributed by atoms with Crippen molar-refractivity contribution in [1.29, 1.82) is 0 Å². The molecule has 1 heterocycles. The number of carbonyl (C=O) groups is 3. The highest BCUT2D eigenvalue weighted by Gasteiger charge is 2.49. The minimum absolute atomic E-state index is 0.0873. The maximum atomic E-state index is 13.6. The average Bonchev–Trinajstić information content (AvgIpc) is 3.14. The molecular weight excluding hydrogens is 468 g/mol. The van der Waals surface area contributed by atoms with Crippen LogP contribution in [0, 0.1) is 46.5 Å². The summed E-state index contributed by atoms with van der Waals surface area (Å²) in [4.78, 5) is 35.4. The van der Waals surface area contributed by atoms with Crippen molar-refractivity contribution in [3.05, 3.63) is 58.7 Å². The largest absolute Gasteiger partial charge is 0.510 e. The fourth-order valence-corrected chi connectivity index (χ4v) is 2.29. The zero-order valence-electron chi connectivity index (χ0n) is 14.7. The molecule has 0 amide bonds. The summed E-state index contributed by atoms with van der Waals surface area (Å²) in [7, 11) is 0. The van der Waals surface area contributed by atoms with Crippen molar-refractivity contribution in [3.8, 4) is 11.5 Å². The Morgan fingerprint density at radius 2 is 0.969 bits per heavy atom. The van der Waals surface area contributed by atoms with E-state index in [4.69, 9.17) is 0 Å². The van der Waals surface area contributed by atoms with Crippen LogP contribution >= 0.6 is 0 Å². The lowest BCUT2D eigenvalue weighted by molar-refractivity contribution is -0.153. The number of hydrogen-bond donors (Lipinski definition) is 0. The summed E-state index contributed by atoms with van der Waals surface area (Å²) >= 11 is 0. The van der Waals surface area contributed by atoms with Gasteiger partial charge in [-0.25, -0.2) is 40.7 Å². The van der Waals surface area contributed by atoms with Crippen LogP contribution in [0.5, 0.6) is 11.5 Å². The lowest BCUT2D eigenvalue weighted by Gasteiger charge is -2.14. The van der Waals surface area contributed by atoms with Gasteiger partial charge in [0.2, 0.25) is 35.5 Å². The Hall–Kier alpha value is -3.91. The minimum atomic E-state index is -2.45. The molecule has 1 saturated heterocycles. The van der Waals surface area contributed by atoms with Crippen LogP contribution in [-0.4, -0.2) is 30.3 Å². The number of halogens is 8. The molecule has 170 valence electrons. The quantitative estimate of drug-likeness (QED) is 0.222. The summed E-state index contributed by atoms with van der Waals surface area (Å²) in [6, 6.07) is -0.175. The molecule has 1 aliphatic rings. The molecular formula is C17H4F8O7. The third-order valence-electron chi connectivity index (χ3n) is 3.75. The normalized spacial score (nSPS) is 17.6. The van der Waals surface area contributed by atoms with Crippen LogP contribution in [0.25, 0.3) is 0 Å². The van der Waals surface area contributed by atoms with Gasteiger partial charge in [-0.1, -0.05) is 0 Å². The Kier molecular flexibility index (Phi) is 5.92. The van der Waals surface area contributed by atoms with E-state index in [1.165, 1.54) is 0 Å². The first-order chi connectivity index (χ1) is 14.9. The van der Waals surface area contributed by atoms with Crippen LogP contribution in [-0.2, 0) is 19.1 Å². The van der Waals surface area contributed by atoms with Crippen LogP contribution in [0.15, 0.2) is 12.1 Å². The Bertz CT molecular complexity index is 1070. The Balaban J connectivity index is 1.83. The van der Waals surface area contributed by atoms with Gasteiger partial charge in [-0.3, -0.25) is 0 Å². The first-order valence-electron chi connectivity index (χ1n) is 7.89. The highest BCUT2D eigenvalue weighted by atomic mass is 19.2. The van der Waals surface area contributed by atoms with Crippen molar-refractivity contribution in [3.63, 3.8) is 0 Å². The zero-order chi connectivity index (χ0) is 23.9. The van der Waals surface area contributed by atoms with Crippen molar-refractivity contribution in [2.75, 3.05) is 0 Å². The van der Waals surface area contributed by atoms with E-state index in [-0.39, 0.29) is 12.1 Å². The molecule has 0 aliphatic carbocycles. The number of carbonyl (C=O) groups excluding carboxylic acids is 3. The van der Waals surface area contributed by atoms with E-state index < -0.39 is 88.3 Å². The highest BCUT2D eigenvalue weighted by Crippen LogP contribution is 2.28. The first kappa shape index (κ1) is 22.8. The first-order valence-corrected chi connectivity index (χ1v) is 7.89. The number of ether oxygens (including phenoxy) is 4. The van der Waals surface area contributed by atoms with E-state index in [2.05, 4.69) is 18.9 Å². The third-order valence-corrected chi connectivity index (χ3v) is 3.75. The van der Waals surface area contributed by atoms with Crippen molar-refractivity contribution in [2.24, 2.45) is 0 Å². The molecule has 1 fully saturated rings. The van der Waals surface area contributed by atoms with Crippen molar-refractivity contribution in [2.45, 2.75) is 12.2 Å². The van der Waals surface area contributed by atoms with E-state index >= 15 is 0 Å². The van der Waals surface area contributed by atoms with E-state index in [0.717, 1.165) is 0 Å². The topological polar surface area (TPSA) is 88.1 Å². The van der Waals surface area contributed by atoms with Gasteiger partial charge in [0.25, 0.3) is 0 Å². The summed E-state index contributed by atoms with van der Waals surface area (Å²) in [5.74, 6) is -24.3. The molecule has 2 aromatic rings. The third kappa shape index (κ3) is 4.00. The number of benzene rings is 2. The molecule has 7 nitrogen and oxygen atoms in total. The summed E-state index contributed by atoms with van der Waals surface area (Å²) in [6.45, 7) is 0. The van der Waals surface area contributed by atoms with E-state index in [0.29, 0.717) is 0 Å². The number of esters is 2. The minimum Gasteiger partial charge on any atom is -0.420 e.